The van der Waals surface area contributed by atoms with Gasteiger partial charge in [-0.3, -0.25) is 0 Å². The first-order chi connectivity index (χ1) is 5.86. The summed E-state index contributed by atoms with van der Waals surface area (Å²) < 4.78 is 0. The molecule has 0 radical (unpaired) electrons. The molecule has 0 bridgehead atoms. The number of alkyl halides is 1. The fourth-order valence-corrected chi connectivity index (χ4v) is 0.982. The predicted octanol–water partition coefficient (Wildman–Crippen LogP) is 2.81. The van der Waals surface area contributed by atoms with E-state index in [1.165, 1.54) is 0 Å². The second-order valence-electron chi connectivity index (χ2n) is 2.29. The van der Waals surface area contributed by atoms with Crippen molar-refractivity contribution in [2.24, 2.45) is 0 Å². The molecule has 0 aromatic heterocycles. The minimum atomic E-state index is 0.497. The lowest BCUT2D eigenvalue weighted by atomic mass is 10.1. The summed E-state index contributed by atoms with van der Waals surface area (Å²) in [6.07, 6.45) is 3.74. The Balaban J connectivity index is 2.88. The van der Waals surface area contributed by atoms with E-state index in [0.717, 1.165) is 5.56 Å². The van der Waals surface area contributed by atoms with E-state index in [0.29, 0.717) is 11.4 Å². The zero-order chi connectivity index (χ0) is 8.81. The molecule has 60 valence electrons. The van der Waals surface area contributed by atoms with Gasteiger partial charge in [-0.1, -0.05) is 24.3 Å². The van der Waals surface area contributed by atoms with Gasteiger partial charge in [0.25, 0.3) is 0 Å². The van der Waals surface area contributed by atoms with Crippen molar-refractivity contribution in [3.63, 3.8) is 0 Å². The fourth-order valence-electron chi connectivity index (χ4n) is 0.893. The summed E-state index contributed by atoms with van der Waals surface area (Å²) >= 11 is 5.47. The molecule has 0 N–H and O–H groups in total. The van der Waals surface area contributed by atoms with E-state index < -0.39 is 0 Å². The van der Waals surface area contributed by atoms with Crippen LogP contribution >= 0.6 is 11.6 Å². The molecule has 0 aliphatic carbocycles. The molecule has 2 heteroatoms. The van der Waals surface area contributed by atoms with Gasteiger partial charge in [0.2, 0.25) is 0 Å². The molecule has 1 nitrogen and oxygen atoms in total. The van der Waals surface area contributed by atoms with Crippen molar-refractivity contribution < 1.29 is 0 Å². The Labute approximate surface area is 76.9 Å². The maximum absolute atomic E-state index is 8.59. The molecule has 1 rings (SSSR count). The Hall–Kier alpha value is -1.26. The molecule has 12 heavy (non-hydrogen) atoms. The number of nitrogens with zero attached hydrogens (tertiary/aromatic N) is 1. The Morgan fingerprint density at radius 3 is 3.00 bits per heavy atom. The number of hydrogen-bond donors (Lipinski definition) is 0. The average Bonchev–Trinajstić information content (AvgIpc) is 2.15. The SMILES string of the molecule is N#Cc1cccc(C=CCCl)c1. The predicted molar refractivity (Wildman–Crippen MR) is 50.9 cm³/mol. The van der Waals surface area contributed by atoms with Crippen LogP contribution < -0.4 is 0 Å². The van der Waals surface area contributed by atoms with Crippen molar-refractivity contribution in [2.75, 3.05) is 5.88 Å². The monoisotopic (exact) mass is 177 g/mol. The van der Waals surface area contributed by atoms with Crippen LogP contribution in [0.15, 0.2) is 30.3 Å². The molecular weight excluding hydrogens is 170 g/mol. The molecule has 0 aliphatic heterocycles. The average molecular weight is 178 g/mol. The third-order valence-corrected chi connectivity index (χ3v) is 1.59. The van der Waals surface area contributed by atoms with E-state index >= 15 is 0 Å². The van der Waals surface area contributed by atoms with Crippen LogP contribution in [0.3, 0.4) is 0 Å². The minimum absolute atomic E-state index is 0.497. The Bertz CT molecular complexity index is 323. The van der Waals surface area contributed by atoms with Crippen LogP contribution in [0.5, 0.6) is 0 Å². The highest BCUT2D eigenvalue weighted by Crippen LogP contribution is 2.05. The Kier molecular flexibility index (Phi) is 3.37. The van der Waals surface area contributed by atoms with Crippen molar-refractivity contribution in [1.29, 1.82) is 5.26 Å². The lowest BCUT2D eigenvalue weighted by Crippen LogP contribution is -1.75. The molecule has 0 saturated heterocycles. The third kappa shape index (κ3) is 2.41. The standard InChI is InChI=1S/C10H8ClN/c11-6-2-5-9-3-1-4-10(7-9)8-12/h1-5,7H,6H2. The second kappa shape index (κ2) is 4.58. The van der Waals surface area contributed by atoms with E-state index in [1.54, 1.807) is 6.07 Å². The lowest BCUT2D eigenvalue weighted by Gasteiger charge is -1.92. The number of allylic oxidation sites excluding steroid dienone is 1. The van der Waals surface area contributed by atoms with E-state index in [-0.39, 0.29) is 0 Å². The third-order valence-electron chi connectivity index (χ3n) is 1.42. The molecule has 0 aliphatic rings. The lowest BCUT2D eigenvalue weighted by molar-refractivity contribution is 1.48. The van der Waals surface area contributed by atoms with Crippen LogP contribution in [0, 0.1) is 11.3 Å². The number of rotatable bonds is 2. The van der Waals surface area contributed by atoms with E-state index in [9.17, 15) is 0 Å². The van der Waals surface area contributed by atoms with Crippen LogP contribution in [0.4, 0.5) is 0 Å². The summed E-state index contributed by atoms with van der Waals surface area (Å²) in [7, 11) is 0. The van der Waals surface area contributed by atoms with E-state index in [4.69, 9.17) is 16.9 Å². The molecule has 0 fully saturated rings. The normalized spacial score (nSPS) is 10.0. The minimum Gasteiger partial charge on any atom is -0.192 e. The van der Waals surface area contributed by atoms with Gasteiger partial charge in [0.1, 0.15) is 0 Å². The molecule has 0 amide bonds. The van der Waals surface area contributed by atoms with Gasteiger partial charge in [0.05, 0.1) is 11.6 Å². The van der Waals surface area contributed by atoms with Gasteiger partial charge < -0.3 is 0 Å². The Morgan fingerprint density at radius 2 is 2.33 bits per heavy atom. The van der Waals surface area contributed by atoms with Crippen LogP contribution in [-0.2, 0) is 0 Å². The van der Waals surface area contributed by atoms with E-state index in [2.05, 4.69) is 6.07 Å². The first kappa shape index (κ1) is 8.83. The topological polar surface area (TPSA) is 23.8 Å². The first-order valence-corrected chi connectivity index (χ1v) is 4.13. The van der Waals surface area contributed by atoms with Gasteiger partial charge >= 0.3 is 0 Å². The number of nitriles is 1. The smallest absolute Gasteiger partial charge is 0.0991 e. The summed E-state index contributed by atoms with van der Waals surface area (Å²) in [5.74, 6) is 0.497. The van der Waals surface area contributed by atoms with Gasteiger partial charge in [-0.05, 0) is 17.7 Å². The molecule has 0 unspecified atom stereocenters. The molecule has 0 spiro atoms. The summed E-state index contributed by atoms with van der Waals surface area (Å²) in [4.78, 5) is 0. The molecule has 0 heterocycles. The maximum atomic E-state index is 8.59. The van der Waals surface area contributed by atoms with Gasteiger partial charge in [-0.25, -0.2) is 0 Å². The highest BCUT2D eigenvalue weighted by molar-refractivity contribution is 6.19. The van der Waals surface area contributed by atoms with Gasteiger partial charge in [-0.15, -0.1) is 11.6 Å². The second-order valence-corrected chi connectivity index (χ2v) is 2.60. The van der Waals surface area contributed by atoms with Crippen molar-refractivity contribution in [3.05, 3.63) is 41.5 Å². The number of halogens is 1. The summed E-state index contributed by atoms with van der Waals surface area (Å²) in [6.45, 7) is 0. The zero-order valence-corrected chi connectivity index (χ0v) is 7.25. The maximum Gasteiger partial charge on any atom is 0.0991 e. The van der Waals surface area contributed by atoms with Crippen LogP contribution in [0.25, 0.3) is 6.08 Å². The highest BCUT2D eigenvalue weighted by Gasteiger charge is 1.89. The first-order valence-electron chi connectivity index (χ1n) is 3.59. The number of benzene rings is 1. The summed E-state index contributed by atoms with van der Waals surface area (Å²) in [5, 5.41) is 8.59. The molecule has 1 aromatic carbocycles. The van der Waals surface area contributed by atoms with Crippen molar-refractivity contribution >= 4 is 17.7 Å². The van der Waals surface area contributed by atoms with Crippen molar-refractivity contribution in [3.8, 4) is 6.07 Å². The zero-order valence-electron chi connectivity index (χ0n) is 6.50. The molecule has 0 atom stereocenters. The van der Waals surface area contributed by atoms with Gasteiger partial charge in [0.15, 0.2) is 0 Å². The van der Waals surface area contributed by atoms with Crippen LogP contribution in [-0.4, -0.2) is 5.88 Å². The van der Waals surface area contributed by atoms with Crippen LogP contribution in [0.2, 0.25) is 0 Å². The van der Waals surface area contributed by atoms with Crippen LogP contribution in [0.1, 0.15) is 11.1 Å². The molecule has 0 saturated carbocycles. The van der Waals surface area contributed by atoms with Crippen molar-refractivity contribution in [2.45, 2.75) is 0 Å². The quantitative estimate of drug-likeness (QED) is 0.638. The fraction of sp³-hybridized carbons (Fsp3) is 0.100. The summed E-state index contributed by atoms with van der Waals surface area (Å²) in [5.41, 5.74) is 1.68. The van der Waals surface area contributed by atoms with Gasteiger partial charge in [0, 0.05) is 5.88 Å². The highest BCUT2D eigenvalue weighted by atomic mass is 35.5. The van der Waals surface area contributed by atoms with E-state index in [1.807, 2.05) is 30.4 Å². The largest absolute Gasteiger partial charge is 0.192 e. The Morgan fingerprint density at radius 1 is 1.50 bits per heavy atom. The summed E-state index contributed by atoms with van der Waals surface area (Å²) in [6, 6.07) is 9.46. The molecular formula is C10H8ClN. The molecule has 1 aromatic rings. The van der Waals surface area contributed by atoms with Crippen molar-refractivity contribution in [1.82, 2.24) is 0 Å². The number of hydrogen-bond acceptors (Lipinski definition) is 1. The van der Waals surface area contributed by atoms with Gasteiger partial charge in [-0.2, -0.15) is 5.26 Å².